The Morgan fingerprint density at radius 2 is 1.49 bits per heavy atom. The second-order valence-corrected chi connectivity index (χ2v) is 10.4. The molecule has 3 heterocycles. The Bertz CT molecular complexity index is 1430. The lowest BCUT2D eigenvalue weighted by molar-refractivity contribution is -0.480. The quantitative estimate of drug-likeness (QED) is 0.146. The standard InChI is InChI=1S/C32H28F6O3/c1-2-12-31-17-39-32(40-18-31,41-19-31)23-10-11-24(29(36)16-23)22-9-8-21(26(33)15-22)7-6-20-13-27(34)25(28(35)14-20)4-3-5-30(37)38/h3,5-11,13-16,30H,2,4,12,17-19H2,1H3. The minimum absolute atomic E-state index is 0.115. The fraction of sp³-hybridized carbons (Fsp3) is 0.312. The Kier molecular flexibility index (Phi) is 8.40. The van der Waals surface area contributed by atoms with E-state index in [0.717, 1.165) is 31.1 Å². The Hall–Kier alpha value is -3.40. The Morgan fingerprint density at radius 3 is 2.07 bits per heavy atom. The smallest absolute Gasteiger partial charge is 0.312 e. The van der Waals surface area contributed by atoms with Crippen molar-refractivity contribution in [2.24, 2.45) is 5.41 Å². The van der Waals surface area contributed by atoms with E-state index in [-0.39, 0.29) is 39.7 Å². The van der Waals surface area contributed by atoms with Gasteiger partial charge in [-0.2, -0.15) is 0 Å². The first-order valence-corrected chi connectivity index (χ1v) is 13.3. The first-order chi connectivity index (χ1) is 19.6. The van der Waals surface area contributed by atoms with E-state index in [2.05, 4.69) is 6.92 Å². The summed E-state index contributed by atoms with van der Waals surface area (Å²) in [4.78, 5) is 0. The van der Waals surface area contributed by atoms with Crippen LogP contribution in [0.3, 0.4) is 0 Å². The maximum absolute atomic E-state index is 15.2. The molecule has 3 saturated heterocycles. The van der Waals surface area contributed by atoms with E-state index in [9.17, 15) is 22.0 Å². The van der Waals surface area contributed by atoms with E-state index in [1.807, 2.05) is 0 Å². The molecule has 3 fully saturated rings. The van der Waals surface area contributed by atoms with E-state index in [1.165, 1.54) is 42.5 Å². The summed E-state index contributed by atoms with van der Waals surface area (Å²) in [5, 5.41) is 0. The number of fused-ring (bicyclic) bond motifs is 3. The molecular weight excluding hydrogens is 546 g/mol. The van der Waals surface area contributed by atoms with Gasteiger partial charge in [-0.3, -0.25) is 0 Å². The van der Waals surface area contributed by atoms with Crippen LogP contribution in [-0.4, -0.2) is 26.2 Å². The van der Waals surface area contributed by atoms with E-state index < -0.39 is 35.7 Å². The molecule has 0 N–H and O–H groups in total. The van der Waals surface area contributed by atoms with Crippen LogP contribution in [0.4, 0.5) is 26.3 Å². The SMILES string of the molecule is CCCC12COC(c3ccc(-c4ccc(C=Cc5cc(F)c(CC=CC(F)F)c(F)c5)c(F)c4)c(F)c3)(OC1)OC2. The number of hydrogen-bond donors (Lipinski definition) is 0. The largest absolute Gasteiger partial charge is 0.323 e. The molecular formula is C32H28F6O3. The molecule has 0 saturated carbocycles. The highest BCUT2D eigenvalue weighted by Gasteiger charge is 2.53. The Labute approximate surface area is 234 Å². The van der Waals surface area contributed by atoms with Gasteiger partial charge in [-0.05, 0) is 54.3 Å². The van der Waals surface area contributed by atoms with Crippen LogP contribution in [0.15, 0.2) is 60.7 Å². The molecule has 216 valence electrons. The number of halogens is 6. The first-order valence-electron chi connectivity index (χ1n) is 13.3. The minimum atomic E-state index is -2.71. The molecule has 9 heteroatoms. The molecule has 0 aromatic heterocycles. The van der Waals surface area contributed by atoms with Crippen molar-refractivity contribution in [3.05, 3.63) is 106 Å². The molecule has 0 unspecified atom stereocenters. The summed E-state index contributed by atoms with van der Waals surface area (Å²) >= 11 is 0. The molecule has 41 heavy (non-hydrogen) atoms. The van der Waals surface area contributed by atoms with Crippen molar-refractivity contribution in [3.8, 4) is 11.1 Å². The Balaban J connectivity index is 1.30. The topological polar surface area (TPSA) is 27.7 Å². The van der Waals surface area contributed by atoms with Gasteiger partial charge in [0.25, 0.3) is 6.43 Å². The number of allylic oxidation sites excluding steroid dienone is 2. The lowest BCUT2D eigenvalue weighted by atomic mass is 9.83. The van der Waals surface area contributed by atoms with Gasteiger partial charge in [0.05, 0.1) is 19.8 Å². The molecule has 3 aromatic rings. The van der Waals surface area contributed by atoms with Gasteiger partial charge in [0, 0.05) is 27.7 Å². The van der Waals surface area contributed by atoms with Crippen LogP contribution in [0.25, 0.3) is 23.3 Å². The van der Waals surface area contributed by atoms with Gasteiger partial charge in [0.1, 0.15) is 23.3 Å². The fourth-order valence-corrected chi connectivity index (χ4v) is 5.15. The maximum Gasteiger partial charge on any atom is 0.312 e. The molecule has 0 spiro atoms. The maximum atomic E-state index is 15.2. The minimum Gasteiger partial charge on any atom is -0.323 e. The molecule has 2 bridgehead atoms. The van der Waals surface area contributed by atoms with Gasteiger partial charge < -0.3 is 14.2 Å². The van der Waals surface area contributed by atoms with Crippen molar-refractivity contribution in [1.29, 1.82) is 0 Å². The number of benzene rings is 3. The molecule has 0 aliphatic carbocycles. The summed E-state index contributed by atoms with van der Waals surface area (Å²) in [6.45, 7) is 3.43. The monoisotopic (exact) mass is 574 g/mol. The molecule has 3 nitrogen and oxygen atoms in total. The molecule has 3 aliphatic rings. The lowest BCUT2D eigenvalue weighted by Crippen LogP contribution is -2.58. The molecule has 6 rings (SSSR count). The predicted molar refractivity (Wildman–Crippen MR) is 143 cm³/mol. The van der Waals surface area contributed by atoms with Crippen LogP contribution in [-0.2, 0) is 26.6 Å². The Morgan fingerprint density at radius 1 is 0.805 bits per heavy atom. The van der Waals surface area contributed by atoms with Crippen molar-refractivity contribution < 1.29 is 40.6 Å². The van der Waals surface area contributed by atoms with E-state index >= 15 is 4.39 Å². The summed E-state index contributed by atoms with van der Waals surface area (Å²) in [6, 6.07) is 10.6. The van der Waals surface area contributed by atoms with Crippen LogP contribution in [0.2, 0.25) is 0 Å². The van der Waals surface area contributed by atoms with Crippen molar-refractivity contribution >= 4 is 12.2 Å². The van der Waals surface area contributed by atoms with Crippen molar-refractivity contribution in [2.75, 3.05) is 19.8 Å². The third-order valence-corrected chi connectivity index (χ3v) is 7.34. The van der Waals surface area contributed by atoms with E-state index in [4.69, 9.17) is 14.2 Å². The molecule has 3 aliphatic heterocycles. The van der Waals surface area contributed by atoms with Gasteiger partial charge in [0.15, 0.2) is 0 Å². The van der Waals surface area contributed by atoms with Crippen LogP contribution in [0.1, 0.15) is 42.0 Å². The third kappa shape index (κ3) is 6.12. The normalized spacial score (nSPS) is 22.4. The van der Waals surface area contributed by atoms with E-state index in [1.54, 1.807) is 6.07 Å². The zero-order valence-corrected chi connectivity index (χ0v) is 22.2. The zero-order valence-electron chi connectivity index (χ0n) is 22.2. The van der Waals surface area contributed by atoms with E-state index in [0.29, 0.717) is 31.5 Å². The summed E-state index contributed by atoms with van der Waals surface area (Å²) < 4.78 is 101. The van der Waals surface area contributed by atoms with Crippen LogP contribution >= 0.6 is 0 Å². The average Bonchev–Trinajstić information content (AvgIpc) is 2.94. The number of alkyl halides is 2. The van der Waals surface area contributed by atoms with Crippen LogP contribution in [0, 0.1) is 28.7 Å². The molecule has 0 amide bonds. The number of ether oxygens (including phenoxy) is 3. The van der Waals surface area contributed by atoms with Crippen molar-refractivity contribution in [2.45, 2.75) is 38.6 Å². The lowest BCUT2D eigenvalue weighted by Gasteiger charge is -2.51. The number of rotatable bonds is 9. The average molecular weight is 575 g/mol. The van der Waals surface area contributed by atoms with Crippen LogP contribution in [0.5, 0.6) is 0 Å². The van der Waals surface area contributed by atoms with Crippen LogP contribution < -0.4 is 0 Å². The molecule has 3 aromatic carbocycles. The predicted octanol–water partition coefficient (Wildman–Crippen LogP) is 8.42. The van der Waals surface area contributed by atoms with Gasteiger partial charge in [-0.15, -0.1) is 0 Å². The summed E-state index contributed by atoms with van der Waals surface area (Å²) in [6.07, 6.45) is 3.02. The molecule has 0 atom stereocenters. The highest BCUT2D eigenvalue weighted by Crippen LogP contribution is 2.46. The summed E-state index contributed by atoms with van der Waals surface area (Å²) in [5.41, 5.74) is 0.524. The second-order valence-electron chi connectivity index (χ2n) is 10.4. The highest BCUT2D eigenvalue weighted by molar-refractivity contribution is 5.73. The summed E-state index contributed by atoms with van der Waals surface area (Å²) in [5.74, 6) is -4.55. The van der Waals surface area contributed by atoms with Crippen molar-refractivity contribution in [3.63, 3.8) is 0 Å². The second kappa shape index (κ2) is 11.8. The zero-order chi connectivity index (χ0) is 29.2. The van der Waals surface area contributed by atoms with Gasteiger partial charge >= 0.3 is 5.97 Å². The highest BCUT2D eigenvalue weighted by atomic mass is 19.3. The first kappa shape index (κ1) is 29.1. The van der Waals surface area contributed by atoms with Crippen molar-refractivity contribution in [1.82, 2.24) is 0 Å². The van der Waals surface area contributed by atoms with Gasteiger partial charge in [-0.1, -0.05) is 55.8 Å². The third-order valence-electron chi connectivity index (χ3n) is 7.34. The fourth-order valence-electron chi connectivity index (χ4n) is 5.15. The van der Waals surface area contributed by atoms with Gasteiger partial charge in [-0.25, -0.2) is 26.3 Å². The summed E-state index contributed by atoms with van der Waals surface area (Å²) in [7, 11) is 0. The molecule has 0 radical (unpaired) electrons. The van der Waals surface area contributed by atoms with Gasteiger partial charge in [0.2, 0.25) is 0 Å². The number of hydrogen-bond acceptors (Lipinski definition) is 3.